The first-order valence-corrected chi connectivity index (χ1v) is 11.5. The molecule has 13 heteroatoms. The third-order valence-corrected chi connectivity index (χ3v) is 6.51. The van der Waals surface area contributed by atoms with Crippen LogP contribution in [0.3, 0.4) is 0 Å². The fourth-order valence-electron chi connectivity index (χ4n) is 4.81. The molecule has 5 rings (SSSR count). The van der Waals surface area contributed by atoms with Crippen LogP contribution in [0.1, 0.15) is 55.3 Å². The summed E-state index contributed by atoms with van der Waals surface area (Å²) in [7, 11) is 0. The minimum absolute atomic E-state index is 0.364. The van der Waals surface area contributed by atoms with Crippen molar-refractivity contribution in [2.75, 3.05) is 0 Å². The summed E-state index contributed by atoms with van der Waals surface area (Å²) in [5.41, 5.74) is -6.72. The normalized spacial score (nSPS) is 11.3. The van der Waals surface area contributed by atoms with Gasteiger partial charge in [-0.3, -0.25) is 19.2 Å². The Morgan fingerprint density at radius 3 is 2.00 bits per heavy atom. The van der Waals surface area contributed by atoms with Crippen molar-refractivity contribution in [3.63, 3.8) is 0 Å². The molecule has 0 saturated carbocycles. The Balaban J connectivity index is 2.05. The fraction of sp³-hybridized carbons (Fsp3) is 0.0714. The number of ketones is 2. The molecule has 0 atom stereocenters. The lowest BCUT2D eigenvalue weighted by Gasteiger charge is -2.15. The molecule has 0 unspecified atom stereocenters. The molecule has 0 bridgehead atoms. The number of hydrogen-bond donors (Lipinski definition) is 5. The van der Waals surface area contributed by atoms with E-state index in [1.807, 2.05) is 0 Å². The molecule has 0 saturated heterocycles. The van der Waals surface area contributed by atoms with Gasteiger partial charge in [0.25, 0.3) is 0 Å². The van der Waals surface area contributed by atoms with E-state index in [2.05, 4.69) is 0 Å². The number of carbonyl (C=O) groups excluding carboxylic acids is 2. The number of aromatic carboxylic acids is 2. The monoisotopic (exact) mass is 560 g/mol. The highest BCUT2D eigenvalue weighted by Crippen LogP contribution is 2.39. The van der Waals surface area contributed by atoms with Crippen molar-refractivity contribution in [2.24, 2.45) is 0 Å². The zero-order valence-corrected chi connectivity index (χ0v) is 20.9. The zero-order valence-electron chi connectivity index (χ0n) is 20.9. The van der Waals surface area contributed by atoms with Crippen LogP contribution in [0, 0.1) is 0 Å². The van der Waals surface area contributed by atoms with Crippen molar-refractivity contribution >= 4 is 56.4 Å². The first kappa shape index (κ1) is 26.6. The maximum absolute atomic E-state index is 13.7. The van der Waals surface area contributed by atoms with Crippen LogP contribution >= 0.6 is 0 Å². The van der Waals surface area contributed by atoms with Crippen LogP contribution in [0.15, 0.2) is 49.0 Å². The molecule has 206 valence electrons. The van der Waals surface area contributed by atoms with Crippen molar-refractivity contribution < 1.29 is 53.5 Å². The average Bonchev–Trinajstić information content (AvgIpc) is 2.88. The number of phenols is 3. The molecule has 0 amide bonds. The minimum Gasteiger partial charge on any atom is -0.508 e. The lowest BCUT2D eigenvalue weighted by molar-refractivity contribution is 0.0685. The second kappa shape index (κ2) is 9.05. The second-order valence-electron chi connectivity index (χ2n) is 9.04. The molecule has 41 heavy (non-hydrogen) atoms. The summed E-state index contributed by atoms with van der Waals surface area (Å²) in [6.45, 7) is 2.10. The Labute approximate surface area is 225 Å². The van der Waals surface area contributed by atoms with Crippen LogP contribution in [-0.2, 0) is 0 Å². The van der Waals surface area contributed by atoms with Gasteiger partial charge in [0, 0.05) is 23.3 Å². The van der Waals surface area contributed by atoms with Crippen molar-refractivity contribution in [3.05, 3.63) is 73.2 Å². The van der Waals surface area contributed by atoms with Crippen LogP contribution < -0.4 is 10.9 Å². The molecule has 0 aliphatic heterocycles. The Morgan fingerprint density at radius 2 is 1.41 bits per heavy atom. The SMILES string of the molecule is CC(=O)c1cc2c(=O)c3c(C(=O)O)cc(O)cc3oc2c(C(C)=O)c1-c1coc2cc(O)c(O)c(C(=O)O)c2c1=O. The molecule has 3 aromatic carbocycles. The summed E-state index contributed by atoms with van der Waals surface area (Å²) in [5, 5.41) is 47.8. The minimum atomic E-state index is -1.79. The van der Waals surface area contributed by atoms with Gasteiger partial charge in [0.2, 0.25) is 10.9 Å². The van der Waals surface area contributed by atoms with Crippen molar-refractivity contribution in [1.82, 2.24) is 0 Å². The molecular formula is C28H16O13. The highest BCUT2D eigenvalue weighted by molar-refractivity contribution is 6.18. The number of carboxylic acids is 2. The predicted molar refractivity (Wildman–Crippen MR) is 140 cm³/mol. The van der Waals surface area contributed by atoms with E-state index in [-0.39, 0.29) is 10.9 Å². The molecular weight excluding hydrogens is 544 g/mol. The van der Waals surface area contributed by atoms with Crippen LogP contribution in [0.2, 0.25) is 0 Å². The number of hydrogen-bond acceptors (Lipinski definition) is 11. The number of benzene rings is 3. The van der Waals surface area contributed by atoms with Crippen molar-refractivity contribution in [2.45, 2.75) is 13.8 Å². The largest absolute Gasteiger partial charge is 0.508 e. The molecule has 0 spiro atoms. The molecule has 2 aromatic heterocycles. The number of carboxylic acid groups (broad SMARTS) is 2. The Hall–Kier alpha value is -5.98. The Kier molecular flexibility index (Phi) is 5.88. The standard InChI is InChI=1S/C28H16O13/c1-8(29)11-5-13-23(33)20-12(27(36)37)3-10(31)4-17(20)41-26(13)18(9(2)30)19(11)14-7-40-16-6-15(32)25(35)22(28(38)39)21(16)24(14)34/h3-7,31-32,35H,1-2H3,(H,36,37)(H,38,39). The second-order valence-corrected chi connectivity index (χ2v) is 9.04. The van der Waals surface area contributed by atoms with E-state index in [1.54, 1.807) is 0 Å². The first-order valence-electron chi connectivity index (χ1n) is 11.5. The molecule has 0 aliphatic rings. The lowest BCUT2D eigenvalue weighted by atomic mass is 9.88. The summed E-state index contributed by atoms with van der Waals surface area (Å²) < 4.78 is 11.1. The molecule has 5 aromatic rings. The number of aromatic hydroxyl groups is 3. The van der Waals surface area contributed by atoms with Crippen LogP contribution in [-0.4, -0.2) is 49.0 Å². The maximum Gasteiger partial charge on any atom is 0.340 e. The number of rotatable bonds is 5. The molecule has 0 radical (unpaired) electrons. The number of Topliss-reactive ketones (excluding diaryl/α,β-unsaturated/α-hetero) is 2. The van der Waals surface area contributed by atoms with E-state index < -0.39 is 107 Å². The van der Waals surface area contributed by atoms with E-state index in [4.69, 9.17) is 8.83 Å². The highest BCUT2D eigenvalue weighted by Gasteiger charge is 2.30. The van der Waals surface area contributed by atoms with Gasteiger partial charge in [0.1, 0.15) is 34.3 Å². The van der Waals surface area contributed by atoms with E-state index in [0.29, 0.717) is 0 Å². The summed E-state index contributed by atoms with van der Waals surface area (Å²) in [6.07, 6.45) is 0.806. The summed E-state index contributed by atoms with van der Waals surface area (Å²) >= 11 is 0. The van der Waals surface area contributed by atoms with Gasteiger partial charge < -0.3 is 34.4 Å². The van der Waals surface area contributed by atoms with Crippen molar-refractivity contribution in [3.8, 4) is 28.4 Å². The molecule has 2 heterocycles. The number of fused-ring (bicyclic) bond motifs is 3. The molecule has 13 nitrogen and oxygen atoms in total. The summed E-state index contributed by atoms with van der Waals surface area (Å²) in [5.74, 6) is -7.51. The van der Waals surface area contributed by atoms with E-state index in [9.17, 15) is 54.3 Å². The highest BCUT2D eigenvalue weighted by atomic mass is 16.4. The third-order valence-electron chi connectivity index (χ3n) is 6.51. The van der Waals surface area contributed by atoms with Crippen LogP contribution in [0.4, 0.5) is 0 Å². The lowest BCUT2D eigenvalue weighted by Crippen LogP contribution is -2.16. The summed E-state index contributed by atoms with van der Waals surface area (Å²) in [4.78, 5) is 76.8. The van der Waals surface area contributed by atoms with E-state index in [1.165, 1.54) is 0 Å². The molecule has 5 N–H and O–H groups in total. The third kappa shape index (κ3) is 3.86. The molecule has 0 aliphatic carbocycles. The van der Waals surface area contributed by atoms with Crippen molar-refractivity contribution in [1.29, 1.82) is 0 Å². The van der Waals surface area contributed by atoms with Gasteiger partial charge in [-0.1, -0.05) is 0 Å². The van der Waals surface area contributed by atoms with Gasteiger partial charge in [0.05, 0.1) is 32.8 Å². The predicted octanol–water partition coefficient (Wildman–Crippen LogP) is 3.64. The van der Waals surface area contributed by atoms with Gasteiger partial charge in [-0.25, -0.2) is 9.59 Å². The maximum atomic E-state index is 13.7. The zero-order chi connectivity index (χ0) is 30.1. The fourth-order valence-corrected chi connectivity index (χ4v) is 4.81. The van der Waals surface area contributed by atoms with Crippen LogP contribution in [0.5, 0.6) is 17.2 Å². The number of carbonyl (C=O) groups is 4. The average molecular weight is 560 g/mol. The van der Waals surface area contributed by atoms with Gasteiger partial charge in [0.15, 0.2) is 23.1 Å². The van der Waals surface area contributed by atoms with E-state index in [0.717, 1.165) is 44.4 Å². The van der Waals surface area contributed by atoms with E-state index >= 15 is 0 Å². The summed E-state index contributed by atoms with van der Waals surface area (Å²) in [6, 6.07) is 3.58. The quantitative estimate of drug-likeness (QED) is 0.118. The topological polar surface area (TPSA) is 230 Å². The molecule has 0 fully saturated rings. The van der Waals surface area contributed by atoms with Gasteiger partial charge in [-0.15, -0.1) is 0 Å². The smallest absolute Gasteiger partial charge is 0.340 e. The van der Waals surface area contributed by atoms with Gasteiger partial charge in [-0.2, -0.15) is 0 Å². The first-order chi connectivity index (χ1) is 19.2. The Morgan fingerprint density at radius 1 is 0.732 bits per heavy atom. The van der Waals surface area contributed by atoms with Gasteiger partial charge >= 0.3 is 11.9 Å². The number of phenolic OH excluding ortho intramolecular Hbond substituents is 2. The van der Waals surface area contributed by atoms with Crippen LogP contribution in [0.25, 0.3) is 44.0 Å². The van der Waals surface area contributed by atoms with Gasteiger partial charge in [-0.05, 0) is 26.0 Å². The Bertz CT molecular complexity index is 2180.